The van der Waals surface area contributed by atoms with E-state index in [2.05, 4.69) is 25.9 Å². The largest absolute Gasteiger partial charge is 0.474 e. The molecule has 0 atom stereocenters. The normalized spacial score (nSPS) is 10.0. The van der Waals surface area contributed by atoms with Gasteiger partial charge >= 0.3 is 0 Å². The third-order valence-electron chi connectivity index (χ3n) is 1.43. The molecule has 0 saturated heterocycles. The average Bonchev–Trinajstić information content (AvgIpc) is 2.11. The molecule has 0 radical (unpaired) electrons. The summed E-state index contributed by atoms with van der Waals surface area (Å²) in [7, 11) is 0. The van der Waals surface area contributed by atoms with Gasteiger partial charge in [-0.25, -0.2) is 4.98 Å². The Morgan fingerprint density at radius 2 is 2.07 bits per heavy atom. The standard InChI is InChI=1S/C9H10BrN3O/c1-5(2)14-9-8(10)6(3)12-7(4-11)13-9/h5H,1-3H3. The zero-order valence-corrected chi connectivity index (χ0v) is 9.79. The maximum atomic E-state index is 8.67. The summed E-state index contributed by atoms with van der Waals surface area (Å²) < 4.78 is 6.12. The Morgan fingerprint density at radius 3 is 2.57 bits per heavy atom. The van der Waals surface area contributed by atoms with Gasteiger partial charge in [0.1, 0.15) is 10.5 Å². The SMILES string of the molecule is Cc1nc(C#N)nc(OC(C)C)c1Br. The Kier molecular flexibility index (Phi) is 3.42. The van der Waals surface area contributed by atoms with E-state index in [9.17, 15) is 0 Å². The topological polar surface area (TPSA) is 58.8 Å². The summed E-state index contributed by atoms with van der Waals surface area (Å²) in [6, 6.07) is 1.89. The molecule has 0 bridgehead atoms. The number of hydrogen-bond acceptors (Lipinski definition) is 4. The fraction of sp³-hybridized carbons (Fsp3) is 0.444. The van der Waals surface area contributed by atoms with Crippen molar-refractivity contribution in [2.75, 3.05) is 0 Å². The highest BCUT2D eigenvalue weighted by Crippen LogP contribution is 2.25. The molecule has 1 rings (SSSR count). The molecule has 0 aliphatic carbocycles. The first-order valence-electron chi connectivity index (χ1n) is 4.15. The first-order chi connectivity index (χ1) is 6.54. The molecule has 0 saturated carbocycles. The number of aromatic nitrogens is 2. The molecule has 1 aromatic heterocycles. The summed E-state index contributed by atoms with van der Waals surface area (Å²) in [6.45, 7) is 5.59. The van der Waals surface area contributed by atoms with E-state index in [0.29, 0.717) is 16.0 Å². The van der Waals surface area contributed by atoms with Gasteiger partial charge in [-0.15, -0.1) is 0 Å². The minimum atomic E-state index is 0.0205. The molecular weight excluding hydrogens is 246 g/mol. The third kappa shape index (κ3) is 2.42. The molecule has 14 heavy (non-hydrogen) atoms. The molecule has 0 unspecified atom stereocenters. The van der Waals surface area contributed by atoms with Gasteiger partial charge in [-0.1, -0.05) is 0 Å². The van der Waals surface area contributed by atoms with Crippen LogP contribution in [0.4, 0.5) is 0 Å². The summed E-state index contributed by atoms with van der Waals surface area (Å²) in [6.07, 6.45) is 0.0205. The van der Waals surface area contributed by atoms with Crippen LogP contribution in [0.25, 0.3) is 0 Å². The van der Waals surface area contributed by atoms with Crippen molar-refractivity contribution in [2.24, 2.45) is 0 Å². The Bertz CT molecular complexity index is 384. The van der Waals surface area contributed by atoms with Crippen molar-refractivity contribution in [1.29, 1.82) is 5.26 Å². The molecule has 0 aromatic carbocycles. The summed E-state index contributed by atoms with van der Waals surface area (Å²) in [4.78, 5) is 7.91. The van der Waals surface area contributed by atoms with Crippen molar-refractivity contribution in [1.82, 2.24) is 9.97 Å². The lowest BCUT2D eigenvalue weighted by molar-refractivity contribution is 0.230. The van der Waals surface area contributed by atoms with E-state index in [1.54, 1.807) is 6.92 Å². The first-order valence-corrected chi connectivity index (χ1v) is 4.94. The van der Waals surface area contributed by atoms with E-state index in [1.165, 1.54) is 0 Å². The average molecular weight is 256 g/mol. The maximum Gasteiger partial charge on any atom is 0.235 e. The quantitative estimate of drug-likeness (QED) is 0.813. The number of aryl methyl sites for hydroxylation is 1. The molecule has 0 N–H and O–H groups in total. The Labute approximate surface area is 91.1 Å². The molecule has 5 heteroatoms. The Balaban J connectivity index is 3.15. The number of hydrogen-bond donors (Lipinski definition) is 0. The van der Waals surface area contributed by atoms with Gasteiger partial charge in [-0.05, 0) is 36.7 Å². The van der Waals surface area contributed by atoms with E-state index in [0.717, 1.165) is 0 Å². The van der Waals surface area contributed by atoms with Gasteiger partial charge in [0.2, 0.25) is 11.7 Å². The minimum Gasteiger partial charge on any atom is -0.474 e. The number of rotatable bonds is 2. The van der Waals surface area contributed by atoms with Crippen molar-refractivity contribution in [2.45, 2.75) is 26.9 Å². The molecular formula is C9H10BrN3O. The summed E-state index contributed by atoms with van der Waals surface area (Å²) in [5.41, 5.74) is 0.701. The monoisotopic (exact) mass is 255 g/mol. The van der Waals surface area contributed by atoms with Crippen LogP contribution in [0.5, 0.6) is 5.88 Å². The molecule has 0 aliphatic heterocycles. The molecule has 0 amide bonds. The summed E-state index contributed by atoms with van der Waals surface area (Å²) in [5, 5.41) is 8.67. The zero-order chi connectivity index (χ0) is 10.7. The van der Waals surface area contributed by atoms with Crippen LogP contribution >= 0.6 is 15.9 Å². The first kappa shape index (κ1) is 10.9. The molecule has 4 nitrogen and oxygen atoms in total. The third-order valence-corrected chi connectivity index (χ3v) is 2.35. The van der Waals surface area contributed by atoms with Gasteiger partial charge in [0.05, 0.1) is 11.8 Å². The van der Waals surface area contributed by atoms with Crippen LogP contribution in [-0.2, 0) is 0 Å². The van der Waals surface area contributed by atoms with Gasteiger partial charge in [-0.3, -0.25) is 0 Å². The lowest BCUT2D eigenvalue weighted by Crippen LogP contribution is -2.09. The molecule has 1 heterocycles. The second-order valence-corrected chi connectivity index (χ2v) is 3.82. The summed E-state index contributed by atoms with van der Waals surface area (Å²) >= 11 is 3.31. The highest BCUT2D eigenvalue weighted by molar-refractivity contribution is 9.10. The van der Waals surface area contributed by atoms with Gasteiger partial charge in [0.15, 0.2) is 0 Å². The van der Waals surface area contributed by atoms with Crippen LogP contribution in [-0.4, -0.2) is 16.1 Å². The van der Waals surface area contributed by atoms with Crippen molar-refractivity contribution in [3.05, 3.63) is 16.0 Å². The van der Waals surface area contributed by atoms with E-state index in [4.69, 9.17) is 10.00 Å². The highest BCUT2D eigenvalue weighted by atomic mass is 79.9. The molecule has 1 aromatic rings. The fourth-order valence-electron chi connectivity index (χ4n) is 0.884. The van der Waals surface area contributed by atoms with E-state index >= 15 is 0 Å². The van der Waals surface area contributed by atoms with Crippen molar-refractivity contribution >= 4 is 15.9 Å². The van der Waals surface area contributed by atoms with Gasteiger partial charge in [0.25, 0.3) is 0 Å². The zero-order valence-electron chi connectivity index (χ0n) is 8.21. The molecule has 0 fully saturated rings. The Morgan fingerprint density at radius 1 is 1.43 bits per heavy atom. The van der Waals surface area contributed by atoms with Crippen LogP contribution in [0.3, 0.4) is 0 Å². The minimum absolute atomic E-state index is 0.0205. The van der Waals surface area contributed by atoms with Gasteiger partial charge in [0, 0.05) is 0 Å². The van der Waals surface area contributed by atoms with Crippen LogP contribution < -0.4 is 4.74 Å². The fourth-order valence-corrected chi connectivity index (χ4v) is 1.16. The predicted molar refractivity (Wildman–Crippen MR) is 54.9 cm³/mol. The maximum absolute atomic E-state index is 8.67. The highest BCUT2D eigenvalue weighted by Gasteiger charge is 2.11. The van der Waals surface area contributed by atoms with E-state index in [-0.39, 0.29) is 11.9 Å². The van der Waals surface area contributed by atoms with Crippen LogP contribution in [0.1, 0.15) is 25.4 Å². The smallest absolute Gasteiger partial charge is 0.235 e. The molecule has 74 valence electrons. The lowest BCUT2D eigenvalue weighted by Gasteiger charge is -2.10. The number of nitrogens with zero attached hydrogens (tertiary/aromatic N) is 3. The number of nitriles is 1. The molecule has 0 aliphatic rings. The van der Waals surface area contributed by atoms with Gasteiger partial charge in [-0.2, -0.15) is 10.2 Å². The second kappa shape index (κ2) is 4.38. The Hall–Kier alpha value is -1.15. The van der Waals surface area contributed by atoms with Crippen molar-refractivity contribution in [3.63, 3.8) is 0 Å². The number of halogens is 1. The van der Waals surface area contributed by atoms with Crippen LogP contribution in [0.15, 0.2) is 4.47 Å². The van der Waals surface area contributed by atoms with Crippen molar-refractivity contribution in [3.8, 4) is 11.9 Å². The predicted octanol–water partition coefficient (Wildman–Crippen LogP) is 2.21. The van der Waals surface area contributed by atoms with Crippen LogP contribution in [0, 0.1) is 18.3 Å². The summed E-state index contributed by atoms with van der Waals surface area (Å²) in [5.74, 6) is 0.547. The van der Waals surface area contributed by atoms with Crippen LogP contribution in [0.2, 0.25) is 0 Å². The lowest BCUT2D eigenvalue weighted by atomic mass is 10.4. The molecule has 0 spiro atoms. The van der Waals surface area contributed by atoms with E-state index < -0.39 is 0 Å². The van der Waals surface area contributed by atoms with E-state index in [1.807, 2.05) is 19.9 Å². The number of ether oxygens (including phenoxy) is 1. The van der Waals surface area contributed by atoms with Gasteiger partial charge < -0.3 is 4.74 Å². The van der Waals surface area contributed by atoms with Crippen molar-refractivity contribution < 1.29 is 4.74 Å². The second-order valence-electron chi connectivity index (χ2n) is 3.03.